The van der Waals surface area contributed by atoms with Crippen molar-refractivity contribution in [3.05, 3.63) is 17.5 Å². The van der Waals surface area contributed by atoms with Crippen molar-refractivity contribution in [2.45, 2.75) is 32.4 Å². The molecule has 3 rings (SSSR count). The van der Waals surface area contributed by atoms with Gasteiger partial charge in [-0.3, -0.25) is 9.58 Å². The van der Waals surface area contributed by atoms with Crippen molar-refractivity contribution < 1.29 is 4.74 Å². The average Bonchev–Trinajstić information content (AvgIpc) is 2.73. The van der Waals surface area contributed by atoms with Gasteiger partial charge in [0.05, 0.1) is 12.3 Å². The minimum atomic E-state index is 0.540. The van der Waals surface area contributed by atoms with Crippen molar-refractivity contribution in [2.75, 3.05) is 26.3 Å². The lowest BCUT2D eigenvalue weighted by Crippen LogP contribution is -2.33. The van der Waals surface area contributed by atoms with Crippen LogP contribution in [0.1, 0.15) is 30.7 Å². The van der Waals surface area contributed by atoms with E-state index in [1.807, 2.05) is 10.7 Å². The van der Waals surface area contributed by atoms with Gasteiger partial charge >= 0.3 is 0 Å². The summed E-state index contributed by atoms with van der Waals surface area (Å²) in [4.78, 5) is 2.49. The van der Waals surface area contributed by atoms with Gasteiger partial charge < -0.3 is 4.74 Å². The van der Waals surface area contributed by atoms with Gasteiger partial charge in [-0.25, -0.2) is 0 Å². The number of nitriles is 1. The number of hydrogen-bond donors (Lipinski definition) is 0. The van der Waals surface area contributed by atoms with Gasteiger partial charge in [-0.1, -0.05) is 0 Å². The molecule has 0 aliphatic carbocycles. The van der Waals surface area contributed by atoms with E-state index in [0.29, 0.717) is 11.6 Å². The molecule has 2 aliphatic rings. The van der Waals surface area contributed by atoms with Crippen LogP contribution >= 0.6 is 0 Å². The Labute approximate surface area is 113 Å². The number of hydrogen-bond acceptors (Lipinski definition) is 4. The van der Waals surface area contributed by atoms with Crippen molar-refractivity contribution >= 4 is 0 Å². The highest BCUT2D eigenvalue weighted by Gasteiger charge is 2.21. The SMILES string of the molecule is N#Cc1cc2n(n1)CCCN(CC1CCCOC1)C2. The molecule has 5 nitrogen and oxygen atoms in total. The highest BCUT2D eigenvalue weighted by atomic mass is 16.5. The molecule has 0 amide bonds. The Balaban J connectivity index is 1.65. The van der Waals surface area contributed by atoms with E-state index in [2.05, 4.69) is 16.1 Å². The van der Waals surface area contributed by atoms with E-state index in [0.717, 1.165) is 45.8 Å². The average molecular weight is 260 g/mol. The molecule has 19 heavy (non-hydrogen) atoms. The lowest BCUT2D eigenvalue weighted by atomic mass is 10.0. The van der Waals surface area contributed by atoms with Crippen molar-refractivity contribution in [1.29, 1.82) is 5.26 Å². The second-order valence-corrected chi connectivity index (χ2v) is 5.53. The van der Waals surface area contributed by atoms with Gasteiger partial charge in [0.1, 0.15) is 6.07 Å². The van der Waals surface area contributed by atoms with Crippen LogP contribution < -0.4 is 0 Å². The normalized spacial score (nSPS) is 24.5. The molecule has 0 spiro atoms. The van der Waals surface area contributed by atoms with Crippen LogP contribution in [0.15, 0.2) is 6.07 Å². The summed E-state index contributed by atoms with van der Waals surface area (Å²) in [5.41, 5.74) is 1.71. The number of ether oxygens (including phenoxy) is 1. The first-order valence-corrected chi connectivity index (χ1v) is 7.12. The van der Waals surface area contributed by atoms with E-state index >= 15 is 0 Å². The summed E-state index contributed by atoms with van der Waals surface area (Å²) in [7, 11) is 0. The predicted octanol–water partition coefficient (Wildman–Crippen LogP) is 1.39. The molecule has 2 aliphatic heterocycles. The molecular weight excluding hydrogens is 240 g/mol. The minimum absolute atomic E-state index is 0.540. The van der Waals surface area contributed by atoms with Crippen LogP contribution in [-0.2, 0) is 17.8 Å². The Kier molecular flexibility index (Phi) is 3.81. The highest BCUT2D eigenvalue weighted by Crippen LogP contribution is 2.19. The fourth-order valence-electron chi connectivity index (χ4n) is 3.06. The van der Waals surface area contributed by atoms with Gasteiger partial charge in [-0.05, 0) is 31.2 Å². The second kappa shape index (κ2) is 5.72. The predicted molar refractivity (Wildman–Crippen MR) is 70.4 cm³/mol. The van der Waals surface area contributed by atoms with Crippen molar-refractivity contribution in [1.82, 2.24) is 14.7 Å². The third-order valence-corrected chi connectivity index (χ3v) is 3.98. The van der Waals surface area contributed by atoms with Crippen LogP contribution in [0.4, 0.5) is 0 Å². The molecule has 1 atom stereocenters. The molecule has 0 aromatic carbocycles. The lowest BCUT2D eigenvalue weighted by Gasteiger charge is -2.28. The van der Waals surface area contributed by atoms with Crippen LogP contribution in [0, 0.1) is 17.2 Å². The molecule has 3 heterocycles. The zero-order chi connectivity index (χ0) is 13.1. The quantitative estimate of drug-likeness (QED) is 0.806. The molecule has 1 saturated heterocycles. The Morgan fingerprint density at radius 2 is 2.37 bits per heavy atom. The van der Waals surface area contributed by atoms with Crippen molar-refractivity contribution in [2.24, 2.45) is 5.92 Å². The summed E-state index contributed by atoms with van der Waals surface area (Å²) in [6.45, 7) is 5.88. The van der Waals surface area contributed by atoms with Gasteiger partial charge in [0, 0.05) is 32.8 Å². The molecule has 0 radical (unpaired) electrons. The van der Waals surface area contributed by atoms with Gasteiger partial charge in [0.2, 0.25) is 0 Å². The van der Waals surface area contributed by atoms with Crippen molar-refractivity contribution in [3.8, 4) is 6.07 Å². The summed E-state index contributed by atoms with van der Waals surface area (Å²) in [5.74, 6) is 0.665. The van der Waals surface area contributed by atoms with E-state index < -0.39 is 0 Å². The zero-order valence-electron chi connectivity index (χ0n) is 11.2. The van der Waals surface area contributed by atoms with Crippen LogP contribution in [0.3, 0.4) is 0 Å². The maximum absolute atomic E-state index is 8.93. The summed E-state index contributed by atoms with van der Waals surface area (Å²) in [6.07, 6.45) is 3.57. The molecule has 1 fully saturated rings. The fourth-order valence-corrected chi connectivity index (χ4v) is 3.06. The van der Waals surface area contributed by atoms with E-state index in [1.54, 1.807) is 0 Å². The van der Waals surface area contributed by atoms with E-state index in [-0.39, 0.29) is 0 Å². The fraction of sp³-hybridized carbons (Fsp3) is 0.714. The van der Waals surface area contributed by atoms with E-state index in [4.69, 9.17) is 10.00 Å². The van der Waals surface area contributed by atoms with Crippen LogP contribution in [0.2, 0.25) is 0 Å². The minimum Gasteiger partial charge on any atom is -0.381 e. The summed E-state index contributed by atoms with van der Waals surface area (Å²) >= 11 is 0. The van der Waals surface area contributed by atoms with Crippen molar-refractivity contribution in [3.63, 3.8) is 0 Å². The van der Waals surface area contributed by atoms with Crippen LogP contribution in [0.5, 0.6) is 0 Å². The molecule has 1 aromatic heterocycles. The zero-order valence-corrected chi connectivity index (χ0v) is 11.2. The summed E-state index contributed by atoms with van der Waals surface area (Å²) in [6, 6.07) is 4.06. The molecule has 102 valence electrons. The first-order valence-electron chi connectivity index (χ1n) is 7.12. The molecule has 0 bridgehead atoms. The van der Waals surface area contributed by atoms with E-state index in [1.165, 1.54) is 18.5 Å². The molecule has 1 unspecified atom stereocenters. The Bertz CT molecular complexity index is 470. The summed E-state index contributed by atoms with van der Waals surface area (Å²) < 4.78 is 7.55. The molecule has 5 heteroatoms. The first kappa shape index (κ1) is 12.6. The largest absolute Gasteiger partial charge is 0.381 e. The molecule has 0 saturated carbocycles. The maximum Gasteiger partial charge on any atom is 0.162 e. The monoisotopic (exact) mass is 260 g/mol. The van der Waals surface area contributed by atoms with E-state index in [9.17, 15) is 0 Å². The lowest BCUT2D eigenvalue weighted by molar-refractivity contribution is 0.0374. The Morgan fingerprint density at radius 1 is 1.42 bits per heavy atom. The van der Waals surface area contributed by atoms with Gasteiger partial charge in [-0.2, -0.15) is 10.4 Å². The Hall–Kier alpha value is -1.38. The number of rotatable bonds is 2. The van der Waals surface area contributed by atoms with Crippen LogP contribution in [-0.4, -0.2) is 41.0 Å². The second-order valence-electron chi connectivity index (χ2n) is 5.53. The van der Waals surface area contributed by atoms with Gasteiger partial charge in [0.15, 0.2) is 5.69 Å². The first-order chi connectivity index (χ1) is 9.35. The smallest absolute Gasteiger partial charge is 0.162 e. The molecule has 1 aromatic rings. The van der Waals surface area contributed by atoms with Gasteiger partial charge in [0.25, 0.3) is 0 Å². The third-order valence-electron chi connectivity index (χ3n) is 3.98. The van der Waals surface area contributed by atoms with Crippen LogP contribution in [0.25, 0.3) is 0 Å². The molecule has 0 N–H and O–H groups in total. The van der Waals surface area contributed by atoms with Gasteiger partial charge in [-0.15, -0.1) is 0 Å². The summed E-state index contributed by atoms with van der Waals surface area (Å²) in [5, 5.41) is 13.2. The number of aromatic nitrogens is 2. The number of fused-ring (bicyclic) bond motifs is 1. The topological polar surface area (TPSA) is 54.1 Å². The standard InChI is InChI=1S/C14H20N4O/c15-8-13-7-14-10-17(4-2-5-18(14)16-13)9-12-3-1-6-19-11-12/h7,12H,1-6,9-11H2. The number of nitrogens with zero attached hydrogens (tertiary/aromatic N) is 4. The Morgan fingerprint density at radius 3 is 3.16 bits per heavy atom. The molecular formula is C14H20N4O. The maximum atomic E-state index is 8.93. The third kappa shape index (κ3) is 2.96. The highest BCUT2D eigenvalue weighted by molar-refractivity contribution is 5.22. The number of aryl methyl sites for hydroxylation is 1.